The second-order valence-electron chi connectivity index (χ2n) is 10.2. The number of anilines is 1. The van der Waals surface area contributed by atoms with E-state index >= 15 is 0 Å². The highest BCUT2D eigenvalue weighted by Crippen LogP contribution is 2.22. The third-order valence-corrected chi connectivity index (χ3v) is 6.70. The molecule has 0 aliphatic rings. The third kappa shape index (κ3) is 9.02. The summed E-state index contributed by atoms with van der Waals surface area (Å²) in [7, 11) is -3.52. The van der Waals surface area contributed by atoms with Crippen LogP contribution in [0.25, 0.3) is 0 Å². The van der Waals surface area contributed by atoms with Gasteiger partial charge in [0.15, 0.2) is 0 Å². The molecule has 0 bridgehead atoms. The molecule has 0 saturated carbocycles. The minimum Gasteiger partial charge on any atom is -0.350 e. The molecule has 35 heavy (non-hydrogen) atoms. The molecular weight excluding hydrogens is 462 g/mol. The Morgan fingerprint density at radius 2 is 1.57 bits per heavy atom. The molecular formula is C27H39N3O4S. The Labute approximate surface area is 210 Å². The topological polar surface area (TPSA) is 86.8 Å². The lowest BCUT2D eigenvalue weighted by Crippen LogP contribution is -2.52. The summed E-state index contributed by atoms with van der Waals surface area (Å²) in [5, 5.41) is 2.95. The van der Waals surface area contributed by atoms with Crippen LogP contribution in [0.3, 0.4) is 0 Å². The number of hydrogen-bond donors (Lipinski definition) is 1. The van der Waals surface area contributed by atoms with E-state index in [2.05, 4.69) is 5.32 Å². The Hall–Kier alpha value is -2.87. The van der Waals surface area contributed by atoms with Crippen LogP contribution >= 0.6 is 0 Å². The summed E-state index contributed by atoms with van der Waals surface area (Å²) >= 11 is 0. The molecule has 2 aromatic rings. The van der Waals surface area contributed by atoms with Crippen molar-refractivity contribution in [2.24, 2.45) is 0 Å². The maximum absolute atomic E-state index is 13.3. The molecule has 2 aromatic carbocycles. The van der Waals surface area contributed by atoms with Gasteiger partial charge in [-0.3, -0.25) is 13.9 Å². The van der Waals surface area contributed by atoms with Gasteiger partial charge in [-0.05, 0) is 76.8 Å². The monoisotopic (exact) mass is 501 g/mol. The molecule has 192 valence electrons. The van der Waals surface area contributed by atoms with Crippen molar-refractivity contribution >= 4 is 27.5 Å². The van der Waals surface area contributed by atoms with Crippen LogP contribution in [-0.2, 0) is 26.2 Å². The van der Waals surface area contributed by atoms with Gasteiger partial charge in [0, 0.05) is 25.0 Å². The zero-order valence-electron chi connectivity index (χ0n) is 22.0. The summed E-state index contributed by atoms with van der Waals surface area (Å²) in [6, 6.07) is 14.5. The molecule has 0 fully saturated rings. The third-order valence-electron chi connectivity index (χ3n) is 5.51. The molecule has 0 spiro atoms. The molecule has 8 heteroatoms. The second kappa shape index (κ2) is 11.7. The van der Waals surface area contributed by atoms with Crippen LogP contribution in [-0.4, -0.2) is 49.5 Å². The van der Waals surface area contributed by atoms with Crippen molar-refractivity contribution in [2.75, 3.05) is 17.1 Å². The maximum Gasteiger partial charge on any atom is 0.242 e. The fraction of sp³-hybridized carbons (Fsp3) is 0.481. The largest absolute Gasteiger partial charge is 0.350 e. The van der Waals surface area contributed by atoms with Gasteiger partial charge in [-0.1, -0.05) is 36.4 Å². The van der Waals surface area contributed by atoms with Gasteiger partial charge in [0.05, 0.1) is 11.9 Å². The van der Waals surface area contributed by atoms with Crippen LogP contribution < -0.4 is 9.62 Å². The van der Waals surface area contributed by atoms with Crippen LogP contribution in [0.2, 0.25) is 0 Å². The zero-order valence-corrected chi connectivity index (χ0v) is 22.8. The van der Waals surface area contributed by atoms with E-state index in [4.69, 9.17) is 0 Å². The van der Waals surface area contributed by atoms with E-state index in [1.54, 1.807) is 11.8 Å². The lowest BCUT2D eigenvalue weighted by atomic mass is 10.1. The highest BCUT2D eigenvalue weighted by molar-refractivity contribution is 7.92. The summed E-state index contributed by atoms with van der Waals surface area (Å²) < 4.78 is 26.4. The Morgan fingerprint density at radius 3 is 2.09 bits per heavy atom. The number of nitrogens with zero attached hydrogens (tertiary/aromatic N) is 2. The number of aryl methyl sites for hydroxylation is 2. The number of rotatable bonds is 10. The van der Waals surface area contributed by atoms with Crippen LogP contribution in [0.5, 0.6) is 0 Å². The Kier molecular flexibility index (Phi) is 9.49. The Balaban J connectivity index is 2.19. The standard InChI is InChI=1S/C27H39N3O4S/c1-20-16-21(2)18-24(17-20)30(35(7,33)34)15-11-14-25(31)29(19-23-12-9-8-10-13-23)22(3)26(32)28-27(4,5)6/h8-10,12-13,16-18,22H,11,14-15,19H2,1-7H3,(H,28,32). The summed E-state index contributed by atoms with van der Waals surface area (Å²) in [6.45, 7) is 11.7. The number of amides is 2. The van der Waals surface area contributed by atoms with Gasteiger partial charge in [0.25, 0.3) is 0 Å². The molecule has 2 rings (SSSR count). The number of carbonyl (C=O) groups is 2. The molecule has 1 unspecified atom stereocenters. The quantitative estimate of drug-likeness (QED) is 0.529. The van der Waals surface area contributed by atoms with Crippen molar-refractivity contribution < 1.29 is 18.0 Å². The van der Waals surface area contributed by atoms with E-state index in [9.17, 15) is 18.0 Å². The number of sulfonamides is 1. The highest BCUT2D eigenvalue weighted by atomic mass is 32.2. The van der Waals surface area contributed by atoms with E-state index in [1.165, 1.54) is 10.6 Å². The minimum atomic E-state index is -3.52. The average Bonchev–Trinajstić information content (AvgIpc) is 2.72. The predicted octanol–water partition coefficient (Wildman–Crippen LogP) is 4.18. The van der Waals surface area contributed by atoms with Gasteiger partial charge in [-0.15, -0.1) is 0 Å². The number of carbonyl (C=O) groups excluding carboxylic acids is 2. The summed E-state index contributed by atoms with van der Waals surface area (Å²) in [6.07, 6.45) is 1.63. The first kappa shape index (κ1) is 28.4. The van der Waals surface area contributed by atoms with E-state index in [0.717, 1.165) is 16.7 Å². The van der Waals surface area contributed by atoms with Crippen molar-refractivity contribution in [1.82, 2.24) is 10.2 Å². The molecule has 0 saturated heterocycles. The van der Waals surface area contributed by atoms with E-state index in [0.29, 0.717) is 18.7 Å². The van der Waals surface area contributed by atoms with E-state index < -0.39 is 21.6 Å². The maximum atomic E-state index is 13.3. The summed E-state index contributed by atoms with van der Waals surface area (Å²) in [5.74, 6) is -0.422. The van der Waals surface area contributed by atoms with Crippen molar-refractivity contribution in [1.29, 1.82) is 0 Å². The number of benzene rings is 2. The highest BCUT2D eigenvalue weighted by Gasteiger charge is 2.28. The molecule has 2 amide bonds. The fourth-order valence-corrected chi connectivity index (χ4v) is 4.88. The van der Waals surface area contributed by atoms with Crippen LogP contribution in [0.1, 0.15) is 57.2 Å². The SMILES string of the molecule is Cc1cc(C)cc(N(CCCC(=O)N(Cc2ccccc2)C(C)C(=O)NC(C)(C)C)S(C)(=O)=O)c1. The van der Waals surface area contributed by atoms with Gasteiger partial charge in [0.2, 0.25) is 21.8 Å². The fourth-order valence-electron chi connectivity index (χ4n) is 3.94. The smallest absolute Gasteiger partial charge is 0.242 e. The van der Waals surface area contributed by atoms with E-state index in [-0.39, 0.29) is 24.8 Å². The van der Waals surface area contributed by atoms with Gasteiger partial charge in [0.1, 0.15) is 6.04 Å². The molecule has 0 aromatic heterocycles. The predicted molar refractivity (Wildman–Crippen MR) is 142 cm³/mol. The Bertz CT molecular complexity index is 1100. The van der Waals surface area contributed by atoms with Crippen LogP contribution in [0.15, 0.2) is 48.5 Å². The molecule has 1 N–H and O–H groups in total. The van der Waals surface area contributed by atoms with Gasteiger partial charge < -0.3 is 10.2 Å². The summed E-state index contributed by atoms with van der Waals surface area (Å²) in [5.41, 5.74) is 3.03. The van der Waals surface area contributed by atoms with Crippen LogP contribution in [0, 0.1) is 13.8 Å². The molecule has 0 radical (unpaired) electrons. The number of nitrogens with one attached hydrogen (secondary N) is 1. The van der Waals surface area contributed by atoms with Gasteiger partial charge in [-0.25, -0.2) is 8.42 Å². The summed E-state index contributed by atoms with van der Waals surface area (Å²) in [4.78, 5) is 27.7. The van der Waals surface area contributed by atoms with Crippen molar-refractivity contribution in [3.05, 3.63) is 65.2 Å². The zero-order chi connectivity index (χ0) is 26.4. The van der Waals surface area contributed by atoms with E-state index in [1.807, 2.05) is 83.1 Å². The molecule has 0 aliphatic heterocycles. The minimum absolute atomic E-state index is 0.122. The first-order valence-electron chi connectivity index (χ1n) is 11.9. The van der Waals surface area contributed by atoms with Crippen molar-refractivity contribution in [2.45, 2.75) is 72.5 Å². The average molecular weight is 502 g/mol. The first-order chi connectivity index (χ1) is 16.2. The normalized spacial score (nSPS) is 12.7. The van der Waals surface area contributed by atoms with Crippen molar-refractivity contribution in [3.63, 3.8) is 0 Å². The lowest BCUT2D eigenvalue weighted by molar-refractivity contribution is -0.141. The lowest BCUT2D eigenvalue weighted by Gasteiger charge is -2.32. The first-order valence-corrected chi connectivity index (χ1v) is 13.7. The van der Waals surface area contributed by atoms with Crippen LogP contribution in [0.4, 0.5) is 5.69 Å². The van der Waals surface area contributed by atoms with Gasteiger partial charge in [-0.2, -0.15) is 0 Å². The molecule has 0 heterocycles. The number of hydrogen-bond acceptors (Lipinski definition) is 4. The second-order valence-corrected chi connectivity index (χ2v) is 12.1. The molecule has 0 aliphatic carbocycles. The van der Waals surface area contributed by atoms with Crippen molar-refractivity contribution in [3.8, 4) is 0 Å². The Morgan fingerprint density at radius 1 is 1.00 bits per heavy atom. The van der Waals surface area contributed by atoms with Gasteiger partial charge >= 0.3 is 0 Å². The molecule has 1 atom stereocenters. The molecule has 7 nitrogen and oxygen atoms in total.